The quantitative estimate of drug-likeness (QED) is 0.713. The van der Waals surface area contributed by atoms with Crippen LogP contribution < -0.4 is 5.01 Å². The molecular weight excluding hydrogens is 352 g/mol. The normalized spacial score (nSPS) is 29.2. The Balaban J connectivity index is 1.64. The molecular formula is C15H14N2O3S3. The van der Waals surface area contributed by atoms with Gasteiger partial charge in [-0.1, -0.05) is 18.2 Å². The lowest BCUT2D eigenvalue weighted by Crippen LogP contribution is -2.21. The molecule has 3 aliphatic rings. The van der Waals surface area contributed by atoms with Gasteiger partial charge in [0.05, 0.1) is 32.7 Å². The Morgan fingerprint density at radius 3 is 2.35 bits per heavy atom. The fourth-order valence-corrected chi connectivity index (χ4v) is 9.59. The van der Waals surface area contributed by atoms with Gasteiger partial charge in [0.15, 0.2) is 9.84 Å². The lowest BCUT2D eigenvalue weighted by atomic mass is 10.2. The maximum absolute atomic E-state index is 12.8. The van der Waals surface area contributed by atoms with Gasteiger partial charge in [-0.3, -0.25) is 4.79 Å². The minimum Gasteiger partial charge on any atom is -0.267 e. The number of sulfone groups is 1. The number of nitrogens with zero attached hydrogens (tertiary/aromatic N) is 2. The number of hydrogen-bond acceptors (Lipinski definition) is 6. The van der Waals surface area contributed by atoms with Crippen molar-refractivity contribution in [1.82, 2.24) is 0 Å². The summed E-state index contributed by atoms with van der Waals surface area (Å²) in [4.78, 5) is 12.8. The van der Waals surface area contributed by atoms with Crippen molar-refractivity contribution in [2.45, 2.75) is 17.4 Å². The number of para-hydroxylation sites is 1. The van der Waals surface area contributed by atoms with Gasteiger partial charge < -0.3 is 0 Å². The predicted molar refractivity (Wildman–Crippen MR) is 95.5 cm³/mol. The molecule has 0 spiro atoms. The maximum atomic E-state index is 12.8. The molecule has 1 aromatic carbocycles. The third-order valence-electron chi connectivity index (χ3n) is 3.99. The van der Waals surface area contributed by atoms with Gasteiger partial charge in [0.25, 0.3) is 5.91 Å². The number of amides is 1. The van der Waals surface area contributed by atoms with Crippen LogP contribution in [0.5, 0.6) is 0 Å². The molecule has 2 saturated heterocycles. The van der Waals surface area contributed by atoms with Crippen LogP contribution in [0.1, 0.15) is 6.92 Å². The molecule has 2 atom stereocenters. The van der Waals surface area contributed by atoms with Crippen LogP contribution in [0.25, 0.3) is 0 Å². The molecule has 5 nitrogen and oxygen atoms in total. The molecule has 0 aliphatic carbocycles. The summed E-state index contributed by atoms with van der Waals surface area (Å²) in [5.41, 5.74) is 2.05. The molecule has 2 fully saturated rings. The number of thioether (sulfide) groups is 2. The fourth-order valence-electron chi connectivity index (χ4n) is 2.91. The topological polar surface area (TPSA) is 66.8 Å². The van der Waals surface area contributed by atoms with E-state index in [4.69, 9.17) is 0 Å². The molecule has 3 heterocycles. The fraction of sp³-hybridized carbons (Fsp3) is 0.333. The van der Waals surface area contributed by atoms with Crippen molar-refractivity contribution < 1.29 is 13.2 Å². The SMILES string of the molecule is CC1=NN(c2ccccc2)C(=O)C1=C1S[C@@H]2CS(=O)(=O)C[C@H]2S1. The molecule has 1 aromatic rings. The number of hydrogen-bond donors (Lipinski definition) is 0. The molecule has 23 heavy (non-hydrogen) atoms. The zero-order valence-electron chi connectivity index (χ0n) is 12.3. The first-order valence-electron chi connectivity index (χ1n) is 7.18. The van der Waals surface area contributed by atoms with Crippen molar-refractivity contribution in [2.24, 2.45) is 5.10 Å². The van der Waals surface area contributed by atoms with Gasteiger partial charge in [0.2, 0.25) is 0 Å². The highest BCUT2D eigenvalue weighted by Crippen LogP contribution is 2.53. The van der Waals surface area contributed by atoms with Crippen LogP contribution in [0.4, 0.5) is 5.69 Å². The number of carbonyl (C=O) groups excluding carboxylic acids is 1. The average molecular weight is 366 g/mol. The van der Waals surface area contributed by atoms with Crippen LogP contribution in [0.3, 0.4) is 0 Å². The molecule has 0 aromatic heterocycles. The zero-order valence-corrected chi connectivity index (χ0v) is 14.7. The minimum atomic E-state index is -2.92. The number of benzene rings is 1. The summed E-state index contributed by atoms with van der Waals surface area (Å²) < 4.78 is 24.3. The lowest BCUT2D eigenvalue weighted by Gasteiger charge is -2.11. The van der Waals surface area contributed by atoms with Crippen LogP contribution in [0.15, 0.2) is 45.2 Å². The van der Waals surface area contributed by atoms with Gasteiger partial charge in [-0.25, -0.2) is 8.42 Å². The molecule has 120 valence electrons. The van der Waals surface area contributed by atoms with Crippen LogP contribution >= 0.6 is 23.5 Å². The van der Waals surface area contributed by atoms with Crippen molar-refractivity contribution in [2.75, 3.05) is 16.5 Å². The van der Waals surface area contributed by atoms with Gasteiger partial charge in [0, 0.05) is 10.5 Å². The maximum Gasteiger partial charge on any atom is 0.282 e. The van der Waals surface area contributed by atoms with Crippen molar-refractivity contribution in [3.63, 3.8) is 0 Å². The highest BCUT2D eigenvalue weighted by atomic mass is 32.2. The Morgan fingerprint density at radius 2 is 1.74 bits per heavy atom. The Hall–Kier alpha value is -1.25. The summed E-state index contributed by atoms with van der Waals surface area (Å²) >= 11 is 3.04. The van der Waals surface area contributed by atoms with E-state index in [1.54, 1.807) is 0 Å². The summed E-state index contributed by atoms with van der Waals surface area (Å²) in [6, 6.07) is 9.32. The second-order valence-corrected chi connectivity index (χ2v) is 10.6. The third kappa shape index (κ3) is 2.62. The lowest BCUT2D eigenvalue weighted by molar-refractivity contribution is -0.114. The number of rotatable bonds is 1. The van der Waals surface area contributed by atoms with Crippen molar-refractivity contribution >= 4 is 50.7 Å². The second-order valence-electron chi connectivity index (χ2n) is 5.69. The van der Waals surface area contributed by atoms with Crippen molar-refractivity contribution in [3.8, 4) is 0 Å². The van der Waals surface area contributed by atoms with Crippen molar-refractivity contribution in [1.29, 1.82) is 0 Å². The molecule has 4 rings (SSSR count). The summed E-state index contributed by atoms with van der Waals surface area (Å²) in [5, 5.41) is 5.92. The first-order chi connectivity index (χ1) is 10.9. The molecule has 1 amide bonds. The molecule has 0 saturated carbocycles. The summed E-state index contributed by atoms with van der Waals surface area (Å²) in [6.07, 6.45) is 0. The number of fused-ring (bicyclic) bond motifs is 1. The highest BCUT2D eigenvalue weighted by Gasteiger charge is 2.46. The Bertz CT molecular complexity index is 824. The highest BCUT2D eigenvalue weighted by molar-refractivity contribution is 8.27. The van der Waals surface area contributed by atoms with Gasteiger partial charge >= 0.3 is 0 Å². The first-order valence-corrected chi connectivity index (χ1v) is 10.8. The summed E-state index contributed by atoms with van der Waals surface area (Å²) in [5.74, 6) is 0.282. The molecule has 3 aliphatic heterocycles. The predicted octanol–water partition coefficient (Wildman–Crippen LogP) is 2.27. The van der Waals surface area contributed by atoms with E-state index in [-0.39, 0.29) is 27.9 Å². The molecule has 8 heteroatoms. The van der Waals surface area contributed by atoms with Gasteiger partial charge in [-0.05, 0) is 19.1 Å². The van der Waals surface area contributed by atoms with Crippen LogP contribution in [-0.4, -0.2) is 42.0 Å². The minimum absolute atomic E-state index is 0.0545. The zero-order chi connectivity index (χ0) is 16.2. The molecule has 0 bridgehead atoms. The van der Waals surface area contributed by atoms with E-state index in [9.17, 15) is 13.2 Å². The van der Waals surface area contributed by atoms with E-state index < -0.39 is 9.84 Å². The Morgan fingerprint density at radius 1 is 1.13 bits per heavy atom. The number of carbonyl (C=O) groups is 1. The second kappa shape index (κ2) is 5.39. The summed E-state index contributed by atoms with van der Waals surface area (Å²) in [7, 11) is -2.92. The van der Waals surface area contributed by atoms with Crippen LogP contribution in [0, 0.1) is 0 Å². The van der Waals surface area contributed by atoms with Gasteiger partial charge in [-0.2, -0.15) is 10.1 Å². The molecule has 0 N–H and O–H groups in total. The van der Waals surface area contributed by atoms with Crippen LogP contribution in [-0.2, 0) is 14.6 Å². The number of hydrazone groups is 1. The average Bonchev–Trinajstić information content (AvgIpc) is 3.08. The van der Waals surface area contributed by atoms with E-state index in [0.29, 0.717) is 11.3 Å². The molecule has 0 radical (unpaired) electrons. The Kier molecular flexibility index (Phi) is 3.58. The Labute approximate surface area is 143 Å². The van der Waals surface area contributed by atoms with Crippen LogP contribution in [0.2, 0.25) is 0 Å². The van der Waals surface area contributed by atoms with E-state index in [1.165, 1.54) is 28.5 Å². The van der Waals surface area contributed by atoms with E-state index in [1.807, 2.05) is 37.3 Å². The monoisotopic (exact) mass is 366 g/mol. The smallest absolute Gasteiger partial charge is 0.267 e. The van der Waals surface area contributed by atoms with Gasteiger partial charge in [0.1, 0.15) is 0 Å². The summed E-state index contributed by atoms with van der Waals surface area (Å²) in [6.45, 7) is 1.83. The largest absolute Gasteiger partial charge is 0.282 e. The third-order valence-corrected chi connectivity index (χ3v) is 9.33. The van der Waals surface area contributed by atoms with E-state index >= 15 is 0 Å². The van der Waals surface area contributed by atoms with E-state index in [2.05, 4.69) is 5.10 Å². The number of anilines is 1. The molecule has 0 unspecified atom stereocenters. The van der Waals surface area contributed by atoms with Gasteiger partial charge in [-0.15, -0.1) is 23.5 Å². The standard InChI is InChI=1S/C15H14N2O3S3/c1-9-13(14(18)17(16-9)10-5-3-2-4-6-10)15-21-11-7-23(19,20)8-12(11)22-15/h2-6,11-12H,7-8H2,1H3/t11-,12-/m1/s1. The van der Waals surface area contributed by atoms with E-state index in [0.717, 1.165) is 9.92 Å². The first kappa shape index (κ1) is 15.3. The van der Waals surface area contributed by atoms with Crippen molar-refractivity contribution in [3.05, 3.63) is 40.1 Å².